The van der Waals surface area contributed by atoms with Crippen molar-refractivity contribution in [2.75, 3.05) is 13.1 Å². The van der Waals surface area contributed by atoms with Crippen molar-refractivity contribution in [3.05, 3.63) is 47.5 Å². The Morgan fingerprint density at radius 2 is 1.82 bits per heavy atom. The molecule has 22 heavy (non-hydrogen) atoms. The summed E-state index contributed by atoms with van der Waals surface area (Å²) in [6.07, 6.45) is 6.75. The van der Waals surface area contributed by atoms with Crippen LogP contribution < -0.4 is 0 Å². The van der Waals surface area contributed by atoms with E-state index in [-0.39, 0.29) is 0 Å². The van der Waals surface area contributed by atoms with Crippen molar-refractivity contribution in [2.45, 2.75) is 58.4 Å². The summed E-state index contributed by atoms with van der Waals surface area (Å²) in [5.41, 5.74) is 4.38. The van der Waals surface area contributed by atoms with Crippen LogP contribution in [0.15, 0.2) is 36.4 Å². The highest BCUT2D eigenvalue weighted by molar-refractivity contribution is 5.28. The minimum absolute atomic E-state index is 0.681. The van der Waals surface area contributed by atoms with Gasteiger partial charge in [0.25, 0.3) is 0 Å². The molecule has 1 nitrogen and oxygen atoms in total. The lowest BCUT2D eigenvalue weighted by molar-refractivity contribution is 0.277. The average Bonchev–Trinajstić information content (AvgIpc) is 3.00. The molecule has 2 fully saturated rings. The van der Waals surface area contributed by atoms with E-state index in [0.29, 0.717) is 11.8 Å². The third-order valence-corrected chi connectivity index (χ3v) is 5.76. The molecule has 1 heterocycles. The first-order chi connectivity index (χ1) is 10.6. The van der Waals surface area contributed by atoms with Crippen LogP contribution >= 0.6 is 0 Å². The minimum atomic E-state index is 0.681. The minimum Gasteiger partial charge on any atom is -0.299 e. The predicted molar refractivity (Wildman–Crippen MR) is 95.0 cm³/mol. The van der Waals surface area contributed by atoms with Crippen molar-refractivity contribution in [3.8, 4) is 0 Å². The Morgan fingerprint density at radius 3 is 2.45 bits per heavy atom. The molecule has 0 aromatic heterocycles. The molecule has 1 saturated heterocycles. The van der Waals surface area contributed by atoms with Crippen LogP contribution in [0.4, 0.5) is 0 Å². The van der Waals surface area contributed by atoms with Gasteiger partial charge < -0.3 is 0 Å². The van der Waals surface area contributed by atoms with Crippen molar-refractivity contribution in [2.24, 2.45) is 11.8 Å². The van der Waals surface area contributed by atoms with Crippen LogP contribution in [-0.2, 0) is 6.54 Å². The van der Waals surface area contributed by atoms with E-state index in [1.54, 1.807) is 0 Å². The zero-order valence-corrected chi connectivity index (χ0v) is 14.4. The molecule has 0 bridgehead atoms. The van der Waals surface area contributed by atoms with Gasteiger partial charge >= 0.3 is 0 Å². The molecule has 0 radical (unpaired) electrons. The van der Waals surface area contributed by atoms with E-state index >= 15 is 0 Å². The summed E-state index contributed by atoms with van der Waals surface area (Å²) in [6.45, 7) is 12.6. The molecular formula is C21H31N. The predicted octanol–water partition coefficient (Wildman–Crippen LogP) is 5.38. The highest BCUT2D eigenvalue weighted by Crippen LogP contribution is 2.43. The Kier molecular flexibility index (Phi) is 5.03. The van der Waals surface area contributed by atoms with Gasteiger partial charge in [0, 0.05) is 6.54 Å². The number of nitrogens with zero attached hydrogens (tertiary/aromatic N) is 1. The topological polar surface area (TPSA) is 3.24 Å². The van der Waals surface area contributed by atoms with Gasteiger partial charge in [-0.25, -0.2) is 0 Å². The van der Waals surface area contributed by atoms with E-state index in [9.17, 15) is 0 Å². The first-order valence-corrected chi connectivity index (χ1v) is 9.10. The number of benzene rings is 1. The van der Waals surface area contributed by atoms with Crippen molar-refractivity contribution < 1.29 is 0 Å². The van der Waals surface area contributed by atoms with E-state index in [2.05, 4.69) is 49.6 Å². The van der Waals surface area contributed by atoms with Crippen molar-refractivity contribution >= 4 is 0 Å². The average molecular weight is 297 g/mol. The first-order valence-electron chi connectivity index (χ1n) is 9.10. The second-order valence-corrected chi connectivity index (χ2v) is 7.70. The van der Waals surface area contributed by atoms with Gasteiger partial charge in [0.1, 0.15) is 0 Å². The molecule has 1 aliphatic carbocycles. The second kappa shape index (κ2) is 7.00. The highest BCUT2D eigenvalue weighted by Gasteiger charge is 2.30. The van der Waals surface area contributed by atoms with Crippen LogP contribution in [-0.4, -0.2) is 18.0 Å². The van der Waals surface area contributed by atoms with Crippen LogP contribution in [0.2, 0.25) is 0 Å². The third-order valence-electron chi connectivity index (χ3n) is 5.76. The third kappa shape index (κ3) is 3.63. The molecule has 0 spiro atoms. The molecule has 1 saturated carbocycles. The Morgan fingerprint density at radius 1 is 1.14 bits per heavy atom. The Labute approximate surface area is 136 Å². The summed E-state index contributed by atoms with van der Waals surface area (Å²) in [5.74, 6) is 2.22. The maximum Gasteiger partial charge on any atom is 0.0233 e. The summed E-state index contributed by atoms with van der Waals surface area (Å²) >= 11 is 0. The lowest BCUT2D eigenvalue weighted by Crippen LogP contribution is -2.23. The normalized spacial score (nSPS) is 29.6. The van der Waals surface area contributed by atoms with Crippen LogP contribution in [0.5, 0.6) is 0 Å². The zero-order chi connectivity index (χ0) is 15.5. The van der Waals surface area contributed by atoms with E-state index in [1.165, 1.54) is 61.9 Å². The molecule has 0 N–H and O–H groups in total. The van der Waals surface area contributed by atoms with Crippen molar-refractivity contribution in [3.63, 3.8) is 0 Å². The van der Waals surface area contributed by atoms with Crippen LogP contribution in [0.3, 0.4) is 0 Å². The molecule has 2 aliphatic rings. The monoisotopic (exact) mass is 297 g/mol. The Bertz CT molecular complexity index is 495. The van der Waals surface area contributed by atoms with Gasteiger partial charge in [-0.05, 0) is 74.6 Å². The van der Waals surface area contributed by atoms with E-state index < -0.39 is 0 Å². The number of rotatable bonds is 4. The zero-order valence-electron chi connectivity index (χ0n) is 14.4. The number of likely N-dealkylation sites (tertiary alicyclic amines) is 1. The Balaban J connectivity index is 1.71. The maximum atomic E-state index is 4.26. The lowest BCUT2D eigenvalue weighted by atomic mass is 9.69. The molecular weight excluding hydrogens is 266 g/mol. The number of allylic oxidation sites excluding steroid dienone is 1. The first kappa shape index (κ1) is 15.8. The van der Waals surface area contributed by atoms with Gasteiger partial charge in [-0.1, -0.05) is 49.8 Å². The van der Waals surface area contributed by atoms with Gasteiger partial charge in [0.15, 0.2) is 0 Å². The summed E-state index contributed by atoms with van der Waals surface area (Å²) in [5, 5.41) is 0. The molecule has 120 valence electrons. The fraction of sp³-hybridized carbons (Fsp3) is 0.619. The summed E-state index contributed by atoms with van der Waals surface area (Å²) in [6, 6.07) is 9.51. The fourth-order valence-electron chi connectivity index (χ4n) is 4.41. The van der Waals surface area contributed by atoms with Gasteiger partial charge in [-0.3, -0.25) is 4.90 Å². The SMILES string of the molecule is C=C(C)[C@@H]1CC[C@@H](C)C[C@H]1c1ccc(CN2CCCC2)cc1. The van der Waals surface area contributed by atoms with Crippen LogP contribution in [0.25, 0.3) is 0 Å². The smallest absolute Gasteiger partial charge is 0.0233 e. The van der Waals surface area contributed by atoms with Crippen LogP contribution in [0, 0.1) is 11.8 Å². The summed E-state index contributed by atoms with van der Waals surface area (Å²) in [4.78, 5) is 2.58. The van der Waals surface area contributed by atoms with Crippen molar-refractivity contribution in [1.29, 1.82) is 0 Å². The fourth-order valence-corrected chi connectivity index (χ4v) is 4.41. The second-order valence-electron chi connectivity index (χ2n) is 7.70. The van der Waals surface area contributed by atoms with Crippen molar-refractivity contribution in [1.82, 2.24) is 4.90 Å². The largest absolute Gasteiger partial charge is 0.299 e. The molecule has 3 atom stereocenters. The maximum absolute atomic E-state index is 4.26. The molecule has 1 aliphatic heterocycles. The molecule has 3 rings (SSSR count). The molecule has 1 aromatic carbocycles. The molecule has 1 heteroatoms. The summed E-state index contributed by atoms with van der Waals surface area (Å²) in [7, 11) is 0. The van der Waals surface area contributed by atoms with E-state index in [1.807, 2.05) is 0 Å². The van der Waals surface area contributed by atoms with Gasteiger partial charge in [-0.2, -0.15) is 0 Å². The summed E-state index contributed by atoms with van der Waals surface area (Å²) < 4.78 is 0. The molecule has 0 amide bonds. The van der Waals surface area contributed by atoms with Gasteiger partial charge in [0.05, 0.1) is 0 Å². The molecule has 0 unspecified atom stereocenters. The van der Waals surface area contributed by atoms with E-state index in [0.717, 1.165) is 12.5 Å². The Hall–Kier alpha value is -1.08. The standard InChI is InChI=1S/C21H31N/c1-16(2)20-11-6-17(3)14-21(20)19-9-7-18(8-10-19)15-22-12-4-5-13-22/h7-10,17,20-21H,1,4-6,11-15H2,2-3H3/t17-,20+,21+/m1/s1. The number of hydrogen-bond donors (Lipinski definition) is 0. The quantitative estimate of drug-likeness (QED) is 0.675. The van der Waals surface area contributed by atoms with Gasteiger partial charge in [-0.15, -0.1) is 0 Å². The number of hydrogen-bond acceptors (Lipinski definition) is 1. The van der Waals surface area contributed by atoms with Crippen LogP contribution in [0.1, 0.15) is 63.0 Å². The van der Waals surface area contributed by atoms with E-state index in [4.69, 9.17) is 0 Å². The highest BCUT2D eigenvalue weighted by atomic mass is 15.1. The lowest BCUT2D eigenvalue weighted by Gasteiger charge is -2.36. The molecule has 1 aromatic rings. The van der Waals surface area contributed by atoms with Gasteiger partial charge in [0.2, 0.25) is 0 Å².